The molecule has 3 rings (SSSR count). The number of rotatable bonds is 4. The van der Waals surface area contributed by atoms with Crippen molar-refractivity contribution in [1.29, 1.82) is 0 Å². The molecular formula is C14H26N2. The third kappa shape index (κ3) is 1.80. The Kier molecular flexibility index (Phi) is 2.56. The molecule has 3 saturated carbocycles. The number of hydrogen-bond donors (Lipinski definition) is 2. The molecule has 3 aliphatic carbocycles. The molecule has 92 valence electrons. The van der Waals surface area contributed by atoms with E-state index < -0.39 is 0 Å². The average molecular weight is 222 g/mol. The Morgan fingerprint density at radius 1 is 1.31 bits per heavy atom. The Bertz CT molecular complexity index is 274. The van der Waals surface area contributed by atoms with E-state index in [1.54, 1.807) is 0 Å². The van der Waals surface area contributed by atoms with Gasteiger partial charge in [0.05, 0.1) is 0 Å². The predicted molar refractivity (Wildman–Crippen MR) is 66.6 cm³/mol. The number of nitrogens with one attached hydrogen (secondary N) is 1. The van der Waals surface area contributed by atoms with Crippen LogP contribution in [0.5, 0.6) is 0 Å². The molecule has 0 radical (unpaired) electrons. The van der Waals surface area contributed by atoms with E-state index in [2.05, 4.69) is 19.3 Å². The van der Waals surface area contributed by atoms with Crippen LogP contribution in [0.1, 0.15) is 52.4 Å². The Labute approximate surface area is 99.3 Å². The molecule has 5 unspecified atom stereocenters. The summed E-state index contributed by atoms with van der Waals surface area (Å²) >= 11 is 0. The number of hydrogen-bond acceptors (Lipinski definition) is 2. The fraction of sp³-hybridized carbons (Fsp3) is 1.00. The predicted octanol–water partition coefficient (Wildman–Crippen LogP) is 2.69. The Morgan fingerprint density at radius 2 is 2.06 bits per heavy atom. The Balaban J connectivity index is 1.57. The van der Waals surface area contributed by atoms with Gasteiger partial charge in [-0.25, -0.2) is 0 Å². The van der Waals surface area contributed by atoms with Crippen molar-refractivity contribution in [3.8, 4) is 0 Å². The van der Waals surface area contributed by atoms with E-state index in [0.717, 1.165) is 23.7 Å². The molecule has 2 bridgehead atoms. The van der Waals surface area contributed by atoms with Gasteiger partial charge in [-0.3, -0.25) is 11.3 Å². The van der Waals surface area contributed by atoms with E-state index in [0.29, 0.717) is 11.5 Å². The summed E-state index contributed by atoms with van der Waals surface area (Å²) in [5.74, 6) is 9.69. The van der Waals surface area contributed by atoms with Gasteiger partial charge in [0.2, 0.25) is 0 Å². The van der Waals surface area contributed by atoms with Crippen LogP contribution in [-0.4, -0.2) is 6.04 Å². The molecule has 2 heteroatoms. The standard InChI is InChI=1S/C14H26N2/c1-14(2)8-12(14)13(16-15)7-11-6-9-3-4-10(11)5-9/h9-13,16H,3-8,15H2,1-2H3. The summed E-state index contributed by atoms with van der Waals surface area (Å²) in [4.78, 5) is 0. The van der Waals surface area contributed by atoms with Crippen LogP contribution in [-0.2, 0) is 0 Å². The van der Waals surface area contributed by atoms with Crippen LogP contribution in [0.15, 0.2) is 0 Å². The number of hydrazine groups is 1. The molecule has 3 fully saturated rings. The molecular weight excluding hydrogens is 196 g/mol. The summed E-state index contributed by atoms with van der Waals surface area (Å²) in [6, 6.07) is 0.583. The Hall–Kier alpha value is -0.0800. The normalized spacial score (nSPS) is 45.9. The van der Waals surface area contributed by atoms with Gasteiger partial charge >= 0.3 is 0 Å². The highest BCUT2D eigenvalue weighted by atomic mass is 15.2. The van der Waals surface area contributed by atoms with Crippen molar-refractivity contribution in [2.24, 2.45) is 34.9 Å². The summed E-state index contributed by atoms with van der Waals surface area (Å²) in [7, 11) is 0. The second-order valence-electron chi connectivity index (χ2n) is 7.24. The lowest BCUT2D eigenvalue weighted by atomic mass is 9.82. The van der Waals surface area contributed by atoms with Crippen LogP contribution in [0.4, 0.5) is 0 Å². The van der Waals surface area contributed by atoms with Gasteiger partial charge in [-0.15, -0.1) is 0 Å². The second kappa shape index (κ2) is 3.71. The molecule has 3 aliphatic rings. The maximum absolute atomic E-state index is 5.76. The summed E-state index contributed by atoms with van der Waals surface area (Å²) in [6.07, 6.45) is 8.73. The van der Waals surface area contributed by atoms with Crippen LogP contribution < -0.4 is 11.3 Å². The van der Waals surface area contributed by atoms with Gasteiger partial charge in [0, 0.05) is 6.04 Å². The van der Waals surface area contributed by atoms with Crippen LogP contribution in [0, 0.1) is 29.1 Å². The minimum absolute atomic E-state index is 0.550. The molecule has 0 aromatic carbocycles. The smallest absolute Gasteiger partial charge is 0.0246 e. The highest BCUT2D eigenvalue weighted by Crippen LogP contribution is 2.56. The molecule has 0 aliphatic heterocycles. The molecule has 16 heavy (non-hydrogen) atoms. The maximum atomic E-state index is 5.76. The van der Waals surface area contributed by atoms with Crippen molar-refractivity contribution in [3.63, 3.8) is 0 Å². The molecule has 2 nitrogen and oxygen atoms in total. The summed E-state index contributed by atoms with van der Waals surface area (Å²) in [5, 5.41) is 0. The molecule has 0 aromatic rings. The van der Waals surface area contributed by atoms with Crippen LogP contribution in [0.3, 0.4) is 0 Å². The highest BCUT2D eigenvalue weighted by molar-refractivity contribution is 5.03. The van der Waals surface area contributed by atoms with E-state index in [4.69, 9.17) is 5.84 Å². The van der Waals surface area contributed by atoms with Crippen molar-refractivity contribution in [3.05, 3.63) is 0 Å². The summed E-state index contributed by atoms with van der Waals surface area (Å²) < 4.78 is 0. The molecule has 5 atom stereocenters. The maximum Gasteiger partial charge on any atom is 0.0246 e. The lowest BCUT2D eigenvalue weighted by Gasteiger charge is -2.27. The van der Waals surface area contributed by atoms with Crippen LogP contribution in [0.2, 0.25) is 0 Å². The number of fused-ring (bicyclic) bond motifs is 2. The first-order chi connectivity index (χ1) is 7.60. The van der Waals surface area contributed by atoms with Gasteiger partial charge in [0.25, 0.3) is 0 Å². The van der Waals surface area contributed by atoms with Crippen molar-refractivity contribution in [2.45, 2.75) is 58.4 Å². The molecule has 0 saturated heterocycles. The van der Waals surface area contributed by atoms with E-state index in [9.17, 15) is 0 Å². The lowest BCUT2D eigenvalue weighted by molar-refractivity contribution is 0.256. The molecule has 0 heterocycles. The third-order valence-electron chi connectivity index (χ3n) is 5.73. The number of nitrogens with two attached hydrogens (primary N) is 1. The van der Waals surface area contributed by atoms with Crippen LogP contribution >= 0.6 is 0 Å². The first kappa shape index (κ1) is 11.0. The summed E-state index contributed by atoms with van der Waals surface area (Å²) in [5.41, 5.74) is 3.66. The van der Waals surface area contributed by atoms with Gasteiger partial charge in [-0.05, 0) is 61.2 Å². The van der Waals surface area contributed by atoms with Gasteiger partial charge in [0.15, 0.2) is 0 Å². The monoisotopic (exact) mass is 222 g/mol. The fourth-order valence-corrected chi connectivity index (χ4v) is 4.53. The highest BCUT2D eigenvalue weighted by Gasteiger charge is 2.51. The molecule has 3 N–H and O–H groups in total. The fourth-order valence-electron chi connectivity index (χ4n) is 4.53. The average Bonchev–Trinajstić information content (AvgIpc) is 2.69. The zero-order chi connectivity index (χ0) is 11.3. The van der Waals surface area contributed by atoms with E-state index >= 15 is 0 Å². The minimum Gasteiger partial charge on any atom is -0.271 e. The van der Waals surface area contributed by atoms with Crippen molar-refractivity contribution in [1.82, 2.24) is 5.43 Å². The van der Waals surface area contributed by atoms with Gasteiger partial charge in [-0.2, -0.15) is 0 Å². The third-order valence-corrected chi connectivity index (χ3v) is 5.73. The van der Waals surface area contributed by atoms with Crippen molar-refractivity contribution in [2.75, 3.05) is 0 Å². The van der Waals surface area contributed by atoms with Gasteiger partial charge in [-0.1, -0.05) is 20.3 Å². The minimum atomic E-state index is 0.550. The second-order valence-corrected chi connectivity index (χ2v) is 7.24. The van der Waals surface area contributed by atoms with E-state index in [1.165, 1.54) is 38.5 Å². The summed E-state index contributed by atoms with van der Waals surface area (Å²) in [6.45, 7) is 4.76. The molecule has 0 amide bonds. The van der Waals surface area contributed by atoms with Crippen molar-refractivity contribution >= 4 is 0 Å². The molecule has 0 aromatic heterocycles. The lowest BCUT2D eigenvalue weighted by Crippen LogP contribution is -2.40. The first-order valence-electron chi connectivity index (χ1n) is 7.06. The molecule has 0 spiro atoms. The SMILES string of the molecule is CC1(C)CC1C(CC1CC2CCC1C2)NN. The van der Waals surface area contributed by atoms with E-state index in [-0.39, 0.29) is 0 Å². The van der Waals surface area contributed by atoms with E-state index in [1.807, 2.05) is 0 Å². The van der Waals surface area contributed by atoms with Crippen LogP contribution in [0.25, 0.3) is 0 Å². The van der Waals surface area contributed by atoms with Crippen molar-refractivity contribution < 1.29 is 0 Å². The zero-order valence-corrected chi connectivity index (χ0v) is 10.7. The largest absolute Gasteiger partial charge is 0.271 e. The Morgan fingerprint density at radius 3 is 2.50 bits per heavy atom. The quantitative estimate of drug-likeness (QED) is 0.567. The zero-order valence-electron chi connectivity index (χ0n) is 10.7. The van der Waals surface area contributed by atoms with Gasteiger partial charge in [0.1, 0.15) is 0 Å². The first-order valence-corrected chi connectivity index (χ1v) is 7.06. The topological polar surface area (TPSA) is 38.0 Å². The van der Waals surface area contributed by atoms with Gasteiger partial charge < -0.3 is 0 Å².